The molecule has 29 heteroatoms. The molecule has 0 unspecified atom stereocenters. The lowest BCUT2D eigenvalue weighted by Gasteiger charge is -1.91. The Morgan fingerprint density at radius 1 is 0.270 bits per heavy atom. The summed E-state index contributed by atoms with van der Waals surface area (Å²) < 4.78 is 6.79. The summed E-state index contributed by atoms with van der Waals surface area (Å²) in [4.78, 5) is 83.0. The number of nitrogens with zero attached hydrogens (tertiary/aromatic N) is 23. The van der Waals surface area contributed by atoms with Gasteiger partial charge in [0, 0.05) is 166 Å². The van der Waals surface area contributed by atoms with Crippen molar-refractivity contribution in [3.8, 4) is 0 Å². The van der Waals surface area contributed by atoms with Crippen LogP contribution >= 0.6 is 11.3 Å². The lowest BCUT2D eigenvalue weighted by atomic mass is 10.2. The smallest absolute Gasteiger partial charge is 0.247 e. The summed E-state index contributed by atoms with van der Waals surface area (Å²) in [6, 6.07) is 82.3. The Kier molecular flexibility index (Phi) is 40.2. The van der Waals surface area contributed by atoms with Crippen LogP contribution in [0.5, 0.6) is 0 Å². The number of imidazole rings is 2. The fourth-order valence-corrected chi connectivity index (χ4v) is 9.13. The van der Waals surface area contributed by atoms with Gasteiger partial charge in [0.2, 0.25) is 11.1 Å². The van der Waals surface area contributed by atoms with Crippen molar-refractivity contribution < 1.29 is 0 Å². The minimum atomic E-state index is -0.0532. The van der Waals surface area contributed by atoms with Crippen LogP contribution in [-0.4, -0.2) is 129 Å². The van der Waals surface area contributed by atoms with Gasteiger partial charge in [-0.2, -0.15) is 25.5 Å². The molecule has 115 heavy (non-hydrogen) atoms. The molecule has 22 aromatic rings. The summed E-state index contributed by atoms with van der Waals surface area (Å²) in [5.74, 6) is 0. The van der Waals surface area contributed by atoms with E-state index in [-0.39, 0.29) is 11.1 Å². The van der Waals surface area contributed by atoms with Gasteiger partial charge in [0.15, 0.2) is 5.65 Å². The molecule has 0 aliphatic carbocycles. The molecule has 0 atom stereocenters. The van der Waals surface area contributed by atoms with E-state index in [4.69, 9.17) is 0 Å². The third-order valence-corrected chi connectivity index (χ3v) is 14.4. The second-order valence-corrected chi connectivity index (χ2v) is 22.4. The fourth-order valence-electron chi connectivity index (χ4n) is 8.45. The van der Waals surface area contributed by atoms with E-state index >= 15 is 0 Å². The standard InChI is InChI=1S/C9H7N.C8H6N2.3C7H6N2.C7H5NS.C6H5N3.2C5H5NO.2C5H5N.3C4H4N2.C3H3N3/c1-2-6-9-8(4-1)5-3-7-10-9;1-2-4-8-7(3-1)9-5-6-10-8;1-2-6-9-7(3-1)4-5-8-9;1-2-5-9-6-4-8-7(9)3-1;2*1-2-4-7-6(3-1)8-5-9-7;1-2-4-9-6(3-1)7-5-8-9;2*7-5-3-1-2-4-6-5;2*1-2-4-6-5-3-1;1-2-6-4-3-5-1;1-2-5-4-6-3-1;1-2-4-6-5-3-1;1-2-5-6-3-4-1/h1-7H;1-6H;2*1-6H;1-5H,(H,8,9);2*1-5H;2*1-4H,(H,6,7);2*1-5H;3*1-4H;1-3H. The number of rotatable bonds is 0. The molecular formula is C86H76N26O2S. The second-order valence-electron chi connectivity index (χ2n) is 21.5. The molecule has 4 aromatic carbocycles. The zero-order valence-electron chi connectivity index (χ0n) is 61.7. The number of hydrogen-bond acceptors (Lipinski definition) is 23. The van der Waals surface area contributed by atoms with Gasteiger partial charge >= 0.3 is 0 Å². The number of para-hydroxylation sites is 6. The van der Waals surface area contributed by atoms with E-state index < -0.39 is 0 Å². The van der Waals surface area contributed by atoms with Crippen molar-refractivity contribution in [3.63, 3.8) is 0 Å². The SMILES string of the molecule is O=c1cccc[nH]1.O=c1cccc[nH]1.c1ccc2[nH]cnc2c1.c1ccc2ncccc2c1.c1ccc2nccnc2c1.c1ccc2scnc2c1.c1ccn2ccnc2c1.c1ccn2nccc2c1.c1ccn2ncnc2c1.c1ccncc1.c1ccncc1.c1ccnnc1.c1cnccn1.c1cncnc1.c1cnncn1. The first kappa shape index (κ1) is 84.1. The highest BCUT2D eigenvalue weighted by Crippen LogP contribution is 2.16. The highest BCUT2D eigenvalue weighted by Gasteiger charge is 1.93. The average Bonchev–Trinajstić information content (AvgIpc) is 1.14. The lowest BCUT2D eigenvalue weighted by Crippen LogP contribution is -1.98. The normalized spacial score (nSPS) is 9.29. The quantitative estimate of drug-likeness (QED) is 0.127. The van der Waals surface area contributed by atoms with Gasteiger partial charge in [0.25, 0.3) is 0 Å². The molecule has 0 radical (unpaired) electrons. The predicted octanol–water partition coefficient (Wildman–Crippen LogP) is 15.3. The molecule has 28 nitrogen and oxygen atoms in total. The van der Waals surface area contributed by atoms with Crippen molar-refractivity contribution in [2.24, 2.45) is 0 Å². The molecule has 18 aromatic heterocycles. The van der Waals surface area contributed by atoms with Crippen LogP contribution in [0.25, 0.3) is 60.0 Å². The highest BCUT2D eigenvalue weighted by molar-refractivity contribution is 7.16. The molecule has 0 fully saturated rings. The van der Waals surface area contributed by atoms with E-state index in [2.05, 4.69) is 134 Å². The summed E-state index contributed by atoms with van der Waals surface area (Å²) in [5, 5.41) is 23.1. The van der Waals surface area contributed by atoms with Crippen molar-refractivity contribution in [3.05, 3.63) is 467 Å². The maximum absolute atomic E-state index is 10.2. The summed E-state index contributed by atoms with van der Waals surface area (Å²) in [6.07, 6.45) is 49.1. The number of pyridine rings is 8. The molecule has 22 rings (SSSR count). The Labute approximate surface area is 663 Å². The van der Waals surface area contributed by atoms with Crippen molar-refractivity contribution in [1.29, 1.82) is 0 Å². The van der Waals surface area contributed by atoms with E-state index in [9.17, 15) is 9.59 Å². The first-order valence-electron chi connectivity index (χ1n) is 34.8. The Morgan fingerprint density at radius 2 is 0.791 bits per heavy atom. The van der Waals surface area contributed by atoms with Gasteiger partial charge in [0.1, 0.15) is 24.6 Å². The number of nitrogens with one attached hydrogen (secondary N) is 3. The van der Waals surface area contributed by atoms with Crippen LogP contribution in [0.15, 0.2) is 456 Å². The van der Waals surface area contributed by atoms with Crippen LogP contribution in [0.1, 0.15) is 0 Å². The molecule has 0 saturated heterocycles. The molecule has 0 spiro atoms. The second kappa shape index (κ2) is 54.9. The third kappa shape index (κ3) is 36.3. The number of benzene rings is 4. The third-order valence-electron chi connectivity index (χ3n) is 13.6. The Morgan fingerprint density at radius 3 is 1.28 bits per heavy atom. The number of fused-ring (bicyclic) bond motifs is 7. The summed E-state index contributed by atoms with van der Waals surface area (Å²) in [5.41, 5.74) is 11.0. The number of thiazole rings is 1. The van der Waals surface area contributed by atoms with Gasteiger partial charge in [-0.05, 0) is 146 Å². The topological polar surface area (TPSA) is 353 Å². The largest absolute Gasteiger partial charge is 0.345 e. The first-order chi connectivity index (χ1) is 57.1. The van der Waals surface area contributed by atoms with Gasteiger partial charge in [-0.25, -0.2) is 43.9 Å². The van der Waals surface area contributed by atoms with E-state index in [0.717, 1.165) is 49.9 Å². The van der Waals surface area contributed by atoms with Gasteiger partial charge in [-0.15, -0.1) is 16.4 Å². The fraction of sp³-hybridized carbons (Fsp3) is 0. The van der Waals surface area contributed by atoms with E-state index in [0.29, 0.717) is 0 Å². The molecule has 0 aliphatic rings. The average molecular weight is 1540 g/mol. The molecule has 568 valence electrons. The first-order valence-corrected chi connectivity index (χ1v) is 35.7. The molecule has 0 bridgehead atoms. The van der Waals surface area contributed by atoms with Crippen LogP contribution in [0.2, 0.25) is 0 Å². The zero-order chi connectivity index (χ0) is 79.8. The monoisotopic (exact) mass is 1540 g/mol. The molecule has 0 saturated carbocycles. The van der Waals surface area contributed by atoms with Crippen molar-refractivity contribution in [1.82, 2.24) is 129 Å². The van der Waals surface area contributed by atoms with Crippen molar-refractivity contribution in [2.45, 2.75) is 0 Å². The lowest BCUT2D eigenvalue weighted by molar-refractivity contribution is 0.961. The zero-order valence-corrected chi connectivity index (χ0v) is 62.5. The number of aromatic amines is 3. The van der Waals surface area contributed by atoms with Crippen LogP contribution in [-0.2, 0) is 0 Å². The van der Waals surface area contributed by atoms with E-state index in [1.54, 1.807) is 170 Å². The molecule has 3 N–H and O–H groups in total. The number of hydrogen-bond donors (Lipinski definition) is 3. The molecular weight excluding hydrogens is 1460 g/mol. The van der Waals surface area contributed by atoms with Crippen LogP contribution in [0.4, 0.5) is 0 Å². The van der Waals surface area contributed by atoms with Gasteiger partial charge in [-0.3, -0.25) is 44.5 Å². The van der Waals surface area contributed by atoms with Gasteiger partial charge < -0.3 is 19.4 Å². The molecule has 18 heterocycles. The van der Waals surface area contributed by atoms with E-state index in [1.807, 2.05) is 246 Å². The number of H-pyrrole nitrogens is 3. The van der Waals surface area contributed by atoms with Crippen molar-refractivity contribution in [2.75, 3.05) is 0 Å². The van der Waals surface area contributed by atoms with Crippen molar-refractivity contribution >= 4 is 71.3 Å². The molecule has 0 aliphatic heterocycles. The van der Waals surface area contributed by atoms with Crippen LogP contribution in [0, 0.1) is 0 Å². The van der Waals surface area contributed by atoms with E-state index in [1.165, 1.54) is 47.4 Å². The maximum Gasteiger partial charge on any atom is 0.247 e. The minimum absolute atomic E-state index is 0.0532. The summed E-state index contributed by atoms with van der Waals surface area (Å²) in [6.45, 7) is 0. The number of aromatic nitrogens is 26. The van der Waals surface area contributed by atoms with Crippen LogP contribution < -0.4 is 11.1 Å². The minimum Gasteiger partial charge on any atom is -0.345 e. The highest BCUT2D eigenvalue weighted by atomic mass is 32.1. The van der Waals surface area contributed by atoms with Crippen LogP contribution in [0.3, 0.4) is 0 Å². The van der Waals surface area contributed by atoms with Gasteiger partial charge in [-0.1, -0.05) is 103 Å². The Bertz CT molecular complexity index is 4920. The molecule has 0 amide bonds. The van der Waals surface area contributed by atoms with Gasteiger partial charge in [0.05, 0.1) is 61.4 Å². The summed E-state index contributed by atoms with van der Waals surface area (Å²) in [7, 11) is 0. The summed E-state index contributed by atoms with van der Waals surface area (Å²) >= 11 is 1.68. The Hall–Kier alpha value is -16.6. The Balaban J connectivity index is 0.000000155. The predicted molar refractivity (Wildman–Crippen MR) is 449 cm³/mol. The maximum atomic E-state index is 10.2.